The molecule has 2 fully saturated rings. The molecule has 6 heteroatoms. The number of aryl methyl sites for hydroxylation is 2. The maximum Gasteiger partial charge on any atom is 0.228 e. The maximum atomic E-state index is 12.8. The predicted octanol–water partition coefficient (Wildman–Crippen LogP) is 4.62. The van der Waals surface area contributed by atoms with Crippen molar-refractivity contribution in [2.24, 2.45) is 5.41 Å². The summed E-state index contributed by atoms with van der Waals surface area (Å²) in [6.45, 7) is 6.14. The lowest BCUT2D eigenvalue weighted by Gasteiger charge is -2.56. The second-order valence-electron chi connectivity index (χ2n) is 10.8. The molecule has 6 nitrogen and oxygen atoms in total. The molecule has 186 valence electrons. The van der Waals surface area contributed by atoms with Gasteiger partial charge in [0.05, 0.1) is 25.4 Å². The molecule has 4 heterocycles. The van der Waals surface area contributed by atoms with Crippen LogP contribution in [0.2, 0.25) is 0 Å². The van der Waals surface area contributed by atoms with Crippen molar-refractivity contribution in [3.63, 3.8) is 0 Å². The molecule has 0 radical (unpaired) electrons. The van der Waals surface area contributed by atoms with Crippen LogP contribution in [0.25, 0.3) is 11.3 Å². The summed E-state index contributed by atoms with van der Waals surface area (Å²) in [5.74, 6) is 0.900. The van der Waals surface area contributed by atoms with E-state index in [9.17, 15) is 4.79 Å². The molecule has 1 aliphatic carbocycles. The molecule has 0 N–H and O–H groups in total. The number of ether oxygens (including phenoxy) is 1. The van der Waals surface area contributed by atoms with Gasteiger partial charge < -0.3 is 9.64 Å². The third-order valence-electron chi connectivity index (χ3n) is 8.46. The zero-order valence-corrected chi connectivity index (χ0v) is 21.2. The molecule has 2 aliphatic heterocycles. The van der Waals surface area contributed by atoms with Crippen LogP contribution in [0.5, 0.6) is 5.75 Å². The van der Waals surface area contributed by atoms with Crippen molar-refractivity contribution in [3.05, 3.63) is 77.2 Å². The highest BCUT2D eigenvalue weighted by molar-refractivity contribution is 5.78. The van der Waals surface area contributed by atoms with Gasteiger partial charge in [0.1, 0.15) is 5.75 Å². The Hall–Kier alpha value is -3.25. The average Bonchev–Trinajstić information content (AvgIpc) is 3.31. The number of nitrogens with zero attached hydrogens (tertiary/aromatic N) is 4. The lowest BCUT2D eigenvalue weighted by Crippen LogP contribution is -2.61. The van der Waals surface area contributed by atoms with E-state index >= 15 is 0 Å². The molecular weight excluding hydrogens is 448 g/mol. The molecule has 2 saturated heterocycles. The highest BCUT2D eigenvalue weighted by atomic mass is 16.5. The van der Waals surface area contributed by atoms with E-state index in [1.165, 1.54) is 28.7 Å². The van der Waals surface area contributed by atoms with Crippen LogP contribution in [0, 0.1) is 12.3 Å². The van der Waals surface area contributed by atoms with Crippen molar-refractivity contribution in [2.45, 2.75) is 45.1 Å². The minimum atomic E-state index is 0.183. The van der Waals surface area contributed by atoms with Crippen LogP contribution in [0.4, 0.5) is 0 Å². The number of methoxy groups -OCH3 is 1. The smallest absolute Gasteiger partial charge is 0.228 e. The van der Waals surface area contributed by atoms with E-state index in [1.807, 2.05) is 29.3 Å². The van der Waals surface area contributed by atoms with E-state index in [4.69, 9.17) is 4.74 Å². The summed E-state index contributed by atoms with van der Waals surface area (Å²) in [5, 5.41) is 0. The summed E-state index contributed by atoms with van der Waals surface area (Å²) in [6.07, 6.45) is 8.49. The summed E-state index contributed by atoms with van der Waals surface area (Å²) in [6, 6.07) is 15.4. The molecule has 36 heavy (non-hydrogen) atoms. The number of hydrogen-bond acceptors (Lipinski definition) is 5. The van der Waals surface area contributed by atoms with Gasteiger partial charge in [0.25, 0.3) is 0 Å². The third-order valence-corrected chi connectivity index (χ3v) is 8.46. The lowest BCUT2D eigenvalue weighted by atomic mass is 9.71. The molecule has 1 amide bonds. The van der Waals surface area contributed by atoms with Crippen LogP contribution in [0.3, 0.4) is 0 Å². The minimum Gasteiger partial charge on any atom is -0.495 e. The first kappa shape index (κ1) is 23.2. The van der Waals surface area contributed by atoms with Crippen molar-refractivity contribution in [2.75, 3.05) is 33.3 Å². The van der Waals surface area contributed by atoms with E-state index in [0.717, 1.165) is 56.8 Å². The first-order valence-corrected chi connectivity index (χ1v) is 13.1. The topological polar surface area (TPSA) is 58.6 Å². The Labute approximate surface area is 213 Å². The molecular formula is C30H34N4O2. The van der Waals surface area contributed by atoms with Crippen molar-refractivity contribution in [1.29, 1.82) is 0 Å². The molecule has 0 saturated carbocycles. The highest BCUT2D eigenvalue weighted by Gasteiger charge is 2.48. The standard InChI is InChI=1S/C30H34N4O2/c1-21-9-12-31-27(15-21)23-3-7-26-22(16-23)4-8-28(26)34-19-30(20-34)10-13-33(14-11-30)29(35)17-24-5-6-25(36-2)18-32-24/h3,5-7,9,12,15-16,18,28H,4,8,10-11,13-14,17,19-20H2,1-2H3. The summed E-state index contributed by atoms with van der Waals surface area (Å²) in [4.78, 5) is 26.5. The first-order valence-electron chi connectivity index (χ1n) is 13.1. The largest absolute Gasteiger partial charge is 0.495 e. The van der Waals surface area contributed by atoms with Crippen LogP contribution in [-0.4, -0.2) is 59.0 Å². The fourth-order valence-electron chi connectivity index (χ4n) is 6.31. The van der Waals surface area contributed by atoms with Crippen molar-refractivity contribution in [1.82, 2.24) is 19.8 Å². The van der Waals surface area contributed by atoms with Gasteiger partial charge in [-0.2, -0.15) is 0 Å². The number of amides is 1. The van der Waals surface area contributed by atoms with Crippen LogP contribution >= 0.6 is 0 Å². The van der Waals surface area contributed by atoms with E-state index in [-0.39, 0.29) is 5.91 Å². The van der Waals surface area contributed by atoms with Crippen LogP contribution in [-0.2, 0) is 17.6 Å². The zero-order valence-electron chi connectivity index (χ0n) is 21.2. The number of carbonyl (C=O) groups excluding carboxylic acids is 1. The van der Waals surface area contributed by atoms with Gasteiger partial charge in [0.2, 0.25) is 5.91 Å². The van der Waals surface area contributed by atoms with E-state index in [0.29, 0.717) is 23.6 Å². The van der Waals surface area contributed by atoms with Gasteiger partial charge in [-0.3, -0.25) is 19.7 Å². The molecule has 1 aromatic carbocycles. The predicted molar refractivity (Wildman–Crippen MR) is 140 cm³/mol. The third kappa shape index (κ3) is 4.39. The monoisotopic (exact) mass is 482 g/mol. The molecule has 0 bridgehead atoms. The first-order chi connectivity index (χ1) is 17.5. The normalized spacial score (nSPS) is 20.7. The average molecular weight is 483 g/mol. The molecule has 3 aliphatic rings. The Bertz CT molecular complexity index is 1260. The summed E-state index contributed by atoms with van der Waals surface area (Å²) >= 11 is 0. The van der Waals surface area contributed by atoms with Gasteiger partial charge in [0.15, 0.2) is 0 Å². The highest BCUT2D eigenvalue weighted by Crippen LogP contribution is 2.48. The Morgan fingerprint density at radius 2 is 1.92 bits per heavy atom. The second kappa shape index (κ2) is 9.32. The second-order valence-corrected chi connectivity index (χ2v) is 10.8. The van der Waals surface area contributed by atoms with Gasteiger partial charge >= 0.3 is 0 Å². The Morgan fingerprint density at radius 1 is 1.08 bits per heavy atom. The molecule has 6 rings (SSSR count). The minimum absolute atomic E-state index is 0.183. The number of aromatic nitrogens is 2. The van der Waals surface area contributed by atoms with Gasteiger partial charge in [-0.15, -0.1) is 0 Å². The molecule has 2 aromatic heterocycles. The van der Waals surface area contributed by atoms with E-state index in [1.54, 1.807) is 13.3 Å². The molecule has 3 aromatic rings. The van der Waals surface area contributed by atoms with Crippen molar-refractivity contribution in [3.8, 4) is 17.0 Å². The number of hydrogen-bond donors (Lipinski definition) is 0. The van der Waals surface area contributed by atoms with Gasteiger partial charge in [-0.1, -0.05) is 12.1 Å². The lowest BCUT2D eigenvalue weighted by molar-refractivity contribution is -0.136. The number of benzene rings is 1. The number of carbonyl (C=O) groups is 1. The SMILES string of the molecule is COc1ccc(CC(=O)N2CCC3(CC2)CN(C2CCc4cc(-c5cc(C)ccn5)ccc42)C3)nc1. The summed E-state index contributed by atoms with van der Waals surface area (Å²) < 4.78 is 5.16. The quantitative estimate of drug-likeness (QED) is 0.531. The van der Waals surface area contributed by atoms with Crippen molar-refractivity contribution >= 4 is 5.91 Å². The number of likely N-dealkylation sites (tertiary alicyclic amines) is 2. The Morgan fingerprint density at radius 3 is 2.64 bits per heavy atom. The number of rotatable bonds is 5. The van der Waals surface area contributed by atoms with Gasteiger partial charge in [-0.25, -0.2) is 0 Å². The molecule has 1 unspecified atom stereocenters. The van der Waals surface area contributed by atoms with Crippen LogP contribution in [0.15, 0.2) is 54.9 Å². The number of pyridine rings is 2. The van der Waals surface area contributed by atoms with Gasteiger partial charge in [0, 0.05) is 49.7 Å². The molecule has 1 spiro atoms. The summed E-state index contributed by atoms with van der Waals surface area (Å²) in [5.41, 5.74) is 7.69. The molecule has 1 atom stereocenters. The van der Waals surface area contributed by atoms with E-state index < -0.39 is 0 Å². The van der Waals surface area contributed by atoms with Crippen LogP contribution < -0.4 is 4.74 Å². The number of piperidine rings is 1. The van der Waals surface area contributed by atoms with Crippen LogP contribution in [0.1, 0.15) is 47.7 Å². The summed E-state index contributed by atoms with van der Waals surface area (Å²) in [7, 11) is 1.62. The number of fused-ring (bicyclic) bond motifs is 1. The zero-order chi connectivity index (χ0) is 24.7. The Balaban J connectivity index is 1.04. The fraction of sp³-hybridized carbons (Fsp3) is 0.433. The fourth-order valence-corrected chi connectivity index (χ4v) is 6.31. The van der Waals surface area contributed by atoms with E-state index in [2.05, 4.69) is 46.1 Å². The Kier molecular flexibility index (Phi) is 6.00. The maximum absolute atomic E-state index is 12.8. The van der Waals surface area contributed by atoms with Crippen molar-refractivity contribution < 1.29 is 9.53 Å². The van der Waals surface area contributed by atoms with Gasteiger partial charge in [-0.05, 0) is 85.0 Å².